The van der Waals surface area contributed by atoms with Gasteiger partial charge in [-0.1, -0.05) is 13.3 Å². The Morgan fingerprint density at radius 3 is 2.76 bits per heavy atom. The van der Waals surface area contributed by atoms with E-state index in [2.05, 4.69) is 11.8 Å². The van der Waals surface area contributed by atoms with Crippen molar-refractivity contribution in [3.63, 3.8) is 0 Å². The van der Waals surface area contributed by atoms with Gasteiger partial charge in [0, 0.05) is 7.05 Å². The summed E-state index contributed by atoms with van der Waals surface area (Å²) in [6.07, 6.45) is 3.91. The lowest BCUT2D eigenvalue weighted by Crippen LogP contribution is -2.36. The number of hydrogen-bond donors (Lipinski definition) is 0. The normalized spacial score (nSPS) is 10.8. The first-order valence-corrected chi connectivity index (χ1v) is 6.08. The monoisotopic (exact) mass is 238 g/mol. The molecule has 0 aliphatic heterocycles. The predicted molar refractivity (Wildman–Crippen MR) is 67.6 cm³/mol. The van der Waals surface area contributed by atoms with Crippen molar-refractivity contribution >= 4 is 5.91 Å². The van der Waals surface area contributed by atoms with Crippen molar-refractivity contribution in [2.45, 2.75) is 26.3 Å². The topological polar surface area (TPSA) is 36.7 Å². The third-order valence-electron chi connectivity index (χ3n) is 2.70. The van der Waals surface area contributed by atoms with E-state index in [1.54, 1.807) is 18.2 Å². The van der Waals surface area contributed by atoms with E-state index in [0.717, 1.165) is 25.1 Å². The smallest absolute Gasteiger partial charge is 0.236 e. The maximum atomic E-state index is 11.9. The zero-order chi connectivity index (χ0) is 12.7. The molecule has 0 N–H and O–H groups in total. The average molecular weight is 238 g/mol. The van der Waals surface area contributed by atoms with Crippen LogP contribution < -0.4 is 0 Å². The van der Waals surface area contributed by atoms with E-state index in [-0.39, 0.29) is 5.91 Å². The van der Waals surface area contributed by atoms with Gasteiger partial charge in [-0.25, -0.2) is 0 Å². The zero-order valence-electron chi connectivity index (χ0n) is 11.0. The molecule has 0 aliphatic carbocycles. The maximum absolute atomic E-state index is 11.9. The molecular formula is C13H22N2O2. The minimum atomic E-state index is 0.125. The van der Waals surface area contributed by atoms with Gasteiger partial charge in [0.05, 0.1) is 19.4 Å². The van der Waals surface area contributed by atoms with Gasteiger partial charge in [0.2, 0.25) is 5.91 Å². The van der Waals surface area contributed by atoms with Gasteiger partial charge in [0.15, 0.2) is 0 Å². The molecule has 0 radical (unpaired) electrons. The first-order valence-electron chi connectivity index (χ1n) is 6.08. The van der Waals surface area contributed by atoms with E-state index in [9.17, 15) is 4.79 Å². The van der Waals surface area contributed by atoms with Gasteiger partial charge in [0.1, 0.15) is 5.76 Å². The van der Waals surface area contributed by atoms with Crippen LogP contribution in [0.2, 0.25) is 0 Å². The third-order valence-corrected chi connectivity index (χ3v) is 2.70. The number of carbonyl (C=O) groups is 1. The fraction of sp³-hybridized carbons (Fsp3) is 0.615. The molecular weight excluding hydrogens is 216 g/mol. The summed E-state index contributed by atoms with van der Waals surface area (Å²) in [5.41, 5.74) is 0. The molecule has 0 saturated carbocycles. The zero-order valence-corrected chi connectivity index (χ0v) is 11.0. The summed E-state index contributed by atoms with van der Waals surface area (Å²) in [5.74, 6) is 0.942. The largest absolute Gasteiger partial charge is 0.467 e. The highest BCUT2D eigenvalue weighted by molar-refractivity contribution is 5.77. The van der Waals surface area contributed by atoms with Crippen LogP contribution in [0.3, 0.4) is 0 Å². The fourth-order valence-electron chi connectivity index (χ4n) is 1.58. The molecule has 0 aromatic carbocycles. The van der Waals surface area contributed by atoms with Crippen LogP contribution >= 0.6 is 0 Å². The number of unbranched alkanes of at least 4 members (excludes halogenated alkanes) is 1. The number of nitrogens with zero attached hydrogens (tertiary/aromatic N) is 2. The van der Waals surface area contributed by atoms with E-state index >= 15 is 0 Å². The highest BCUT2D eigenvalue weighted by Crippen LogP contribution is 2.04. The van der Waals surface area contributed by atoms with E-state index in [1.807, 2.05) is 19.2 Å². The maximum Gasteiger partial charge on any atom is 0.236 e. The van der Waals surface area contributed by atoms with Crippen molar-refractivity contribution in [3.8, 4) is 0 Å². The van der Waals surface area contributed by atoms with Gasteiger partial charge in [0.25, 0.3) is 0 Å². The molecule has 0 fully saturated rings. The summed E-state index contributed by atoms with van der Waals surface area (Å²) < 4.78 is 5.22. The molecule has 1 heterocycles. The van der Waals surface area contributed by atoms with Crippen LogP contribution in [-0.4, -0.2) is 42.9 Å². The Morgan fingerprint density at radius 2 is 2.18 bits per heavy atom. The van der Waals surface area contributed by atoms with Gasteiger partial charge in [-0.15, -0.1) is 0 Å². The molecule has 96 valence electrons. The van der Waals surface area contributed by atoms with Crippen molar-refractivity contribution in [3.05, 3.63) is 24.2 Å². The molecule has 4 heteroatoms. The molecule has 0 aliphatic rings. The Balaban J connectivity index is 2.31. The molecule has 1 amide bonds. The van der Waals surface area contributed by atoms with E-state index in [0.29, 0.717) is 13.1 Å². The Labute approximate surface area is 103 Å². The first-order chi connectivity index (χ1) is 8.13. The van der Waals surface area contributed by atoms with Crippen LogP contribution in [-0.2, 0) is 11.3 Å². The molecule has 0 unspecified atom stereocenters. The number of hydrogen-bond acceptors (Lipinski definition) is 3. The van der Waals surface area contributed by atoms with Crippen LogP contribution in [0.25, 0.3) is 0 Å². The van der Waals surface area contributed by atoms with Crippen LogP contribution in [0, 0.1) is 0 Å². The third kappa shape index (κ3) is 5.04. The van der Waals surface area contributed by atoms with Crippen LogP contribution in [0.5, 0.6) is 0 Å². The summed E-state index contributed by atoms with van der Waals surface area (Å²) in [6.45, 7) is 4.13. The SMILES string of the molecule is CCCCN(C)CC(=O)N(C)Cc1ccco1. The Bertz CT molecular complexity index is 322. The molecule has 0 saturated heterocycles. The van der Waals surface area contributed by atoms with Gasteiger partial charge >= 0.3 is 0 Å². The summed E-state index contributed by atoms with van der Waals surface area (Å²) in [6, 6.07) is 3.71. The summed E-state index contributed by atoms with van der Waals surface area (Å²) in [4.78, 5) is 15.6. The molecule has 0 bridgehead atoms. The van der Waals surface area contributed by atoms with Crippen molar-refractivity contribution in [2.24, 2.45) is 0 Å². The molecule has 1 aromatic heterocycles. The van der Waals surface area contributed by atoms with Gasteiger partial charge < -0.3 is 9.32 Å². The highest BCUT2D eigenvalue weighted by Gasteiger charge is 2.12. The van der Waals surface area contributed by atoms with Crippen LogP contribution in [0.4, 0.5) is 0 Å². The number of furan rings is 1. The second-order valence-electron chi connectivity index (χ2n) is 4.42. The van der Waals surface area contributed by atoms with Gasteiger partial charge in [-0.3, -0.25) is 9.69 Å². The fourth-order valence-corrected chi connectivity index (χ4v) is 1.58. The van der Waals surface area contributed by atoms with E-state index in [1.165, 1.54) is 0 Å². The van der Waals surface area contributed by atoms with Crippen LogP contribution in [0.1, 0.15) is 25.5 Å². The minimum absolute atomic E-state index is 0.125. The van der Waals surface area contributed by atoms with Crippen molar-refractivity contribution in [2.75, 3.05) is 27.2 Å². The Hall–Kier alpha value is -1.29. The van der Waals surface area contributed by atoms with Crippen molar-refractivity contribution in [1.29, 1.82) is 0 Å². The molecule has 0 spiro atoms. The Kier molecular flexibility index (Phi) is 5.77. The number of carbonyl (C=O) groups excluding carboxylic acids is 1. The van der Waals surface area contributed by atoms with Crippen molar-refractivity contribution in [1.82, 2.24) is 9.80 Å². The predicted octanol–water partition coefficient (Wildman–Crippen LogP) is 1.97. The molecule has 17 heavy (non-hydrogen) atoms. The first kappa shape index (κ1) is 13.8. The van der Waals surface area contributed by atoms with Crippen LogP contribution in [0.15, 0.2) is 22.8 Å². The minimum Gasteiger partial charge on any atom is -0.467 e. The van der Waals surface area contributed by atoms with Crippen molar-refractivity contribution < 1.29 is 9.21 Å². The lowest BCUT2D eigenvalue weighted by atomic mass is 10.3. The van der Waals surface area contributed by atoms with E-state index in [4.69, 9.17) is 4.42 Å². The lowest BCUT2D eigenvalue weighted by Gasteiger charge is -2.21. The molecule has 4 nitrogen and oxygen atoms in total. The van der Waals surface area contributed by atoms with Gasteiger partial charge in [-0.05, 0) is 32.1 Å². The number of rotatable bonds is 7. The average Bonchev–Trinajstić information content (AvgIpc) is 2.78. The highest BCUT2D eigenvalue weighted by atomic mass is 16.3. The lowest BCUT2D eigenvalue weighted by molar-refractivity contribution is -0.131. The standard InChI is InChI=1S/C13H22N2O2/c1-4-5-8-14(2)11-13(16)15(3)10-12-7-6-9-17-12/h6-7,9H,4-5,8,10-11H2,1-3H3. The van der Waals surface area contributed by atoms with Gasteiger partial charge in [-0.2, -0.15) is 0 Å². The number of likely N-dealkylation sites (N-methyl/N-ethyl adjacent to an activating group) is 2. The summed E-state index contributed by atoms with van der Waals surface area (Å²) >= 11 is 0. The Morgan fingerprint density at radius 1 is 1.41 bits per heavy atom. The second-order valence-corrected chi connectivity index (χ2v) is 4.42. The molecule has 1 aromatic rings. The quantitative estimate of drug-likeness (QED) is 0.728. The molecule has 0 atom stereocenters. The number of amides is 1. The second kappa shape index (κ2) is 7.12. The van der Waals surface area contributed by atoms with E-state index < -0.39 is 0 Å². The summed E-state index contributed by atoms with van der Waals surface area (Å²) in [7, 11) is 3.78. The summed E-state index contributed by atoms with van der Waals surface area (Å²) in [5, 5.41) is 0. The molecule has 1 rings (SSSR count).